The van der Waals surface area contributed by atoms with Crippen molar-refractivity contribution in [2.24, 2.45) is 0 Å². The summed E-state index contributed by atoms with van der Waals surface area (Å²) in [5.41, 5.74) is 2.29. The Morgan fingerprint density at radius 2 is 1.50 bits per heavy atom. The molecule has 100 valence electrons. The second kappa shape index (κ2) is 6.35. The lowest BCUT2D eigenvalue weighted by atomic mass is 9.96. The molecule has 0 saturated carbocycles. The predicted octanol–water partition coefficient (Wildman–Crippen LogP) is 5.44. The first-order valence-electron chi connectivity index (χ1n) is 6.39. The number of thiol groups is 1. The first-order valence-corrected chi connectivity index (χ1v) is 8.19. The standard InChI is InChI=1S/C17H14OS2/c19-20-18-17(14-8-2-1-3-9-14)16-12-6-10-13-7-4-5-11-15(13)16/h1-12,17,19H. The largest absolute Gasteiger partial charge is 0.292 e. The van der Waals surface area contributed by atoms with E-state index in [1.54, 1.807) is 0 Å². The highest BCUT2D eigenvalue weighted by molar-refractivity contribution is 8.66. The highest BCUT2D eigenvalue weighted by Gasteiger charge is 2.17. The molecule has 1 unspecified atom stereocenters. The van der Waals surface area contributed by atoms with Crippen LogP contribution < -0.4 is 0 Å². The fraction of sp³-hybridized carbons (Fsp3) is 0.0588. The van der Waals surface area contributed by atoms with E-state index in [0.717, 1.165) is 22.2 Å². The van der Waals surface area contributed by atoms with Crippen molar-refractivity contribution in [1.29, 1.82) is 0 Å². The Kier molecular flexibility index (Phi) is 4.31. The maximum atomic E-state index is 5.80. The molecule has 0 aromatic heterocycles. The first kappa shape index (κ1) is 13.6. The highest BCUT2D eigenvalue weighted by atomic mass is 33.1. The van der Waals surface area contributed by atoms with Crippen LogP contribution in [0.5, 0.6) is 0 Å². The van der Waals surface area contributed by atoms with Gasteiger partial charge < -0.3 is 0 Å². The molecule has 1 atom stereocenters. The Morgan fingerprint density at radius 3 is 2.30 bits per heavy atom. The highest BCUT2D eigenvalue weighted by Crippen LogP contribution is 2.35. The van der Waals surface area contributed by atoms with Gasteiger partial charge in [0.05, 0.1) is 11.1 Å². The van der Waals surface area contributed by atoms with Gasteiger partial charge in [0, 0.05) is 0 Å². The van der Waals surface area contributed by atoms with E-state index in [0.29, 0.717) is 0 Å². The molecular weight excluding hydrogens is 284 g/mol. The number of fused-ring (bicyclic) bond motifs is 1. The third kappa shape index (κ3) is 2.70. The maximum absolute atomic E-state index is 5.80. The normalized spacial score (nSPS) is 12.4. The lowest BCUT2D eigenvalue weighted by Gasteiger charge is -2.18. The van der Waals surface area contributed by atoms with Gasteiger partial charge in [-0.05, 0) is 21.9 Å². The van der Waals surface area contributed by atoms with Gasteiger partial charge in [-0.15, -0.1) is 0 Å². The minimum atomic E-state index is -0.121. The lowest BCUT2D eigenvalue weighted by Crippen LogP contribution is -2.02. The number of hydrogen-bond acceptors (Lipinski definition) is 3. The minimum Gasteiger partial charge on any atom is -0.292 e. The Hall–Kier alpha value is -1.42. The summed E-state index contributed by atoms with van der Waals surface area (Å²) >= 11 is 5.25. The van der Waals surface area contributed by atoms with Gasteiger partial charge in [0.1, 0.15) is 6.10 Å². The van der Waals surface area contributed by atoms with Crippen molar-refractivity contribution >= 4 is 33.5 Å². The van der Waals surface area contributed by atoms with Crippen LogP contribution in [0.25, 0.3) is 10.8 Å². The summed E-state index contributed by atoms with van der Waals surface area (Å²) in [6, 6.07) is 24.9. The molecule has 0 heterocycles. The van der Waals surface area contributed by atoms with Gasteiger partial charge in [-0.3, -0.25) is 4.18 Å². The van der Waals surface area contributed by atoms with Gasteiger partial charge in [-0.2, -0.15) is 0 Å². The van der Waals surface area contributed by atoms with Gasteiger partial charge in [0.2, 0.25) is 0 Å². The summed E-state index contributed by atoms with van der Waals surface area (Å²) in [5, 5.41) is 2.44. The molecule has 3 heteroatoms. The molecule has 0 radical (unpaired) electrons. The van der Waals surface area contributed by atoms with Gasteiger partial charge in [-0.25, -0.2) is 0 Å². The SMILES string of the molecule is SSOC(c1ccccc1)c1cccc2ccccc12. The van der Waals surface area contributed by atoms with E-state index in [-0.39, 0.29) is 6.10 Å². The molecule has 1 nitrogen and oxygen atoms in total. The third-order valence-electron chi connectivity index (χ3n) is 3.35. The number of benzene rings is 3. The molecule has 3 aromatic carbocycles. The number of hydrogen-bond donors (Lipinski definition) is 1. The van der Waals surface area contributed by atoms with Crippen molar-refractivity contribution in [3.05, 3.63) is 83.9 Å². The molecule has 3 rings (SSSR count). The van der Waals surface area contributed by atoms with Gasteiger partial charge >= 0.3 is 0 Å². The van der Waals surface area contributed by atoms with E-state index in [1.807, 2.05) is 18.2 Å². The second-order valence-electron chi connectivity index (χ2n) is 4.53. The summed E-state index contributed by atoms with van der Waals surface area (Å²) in [5.74, 6) is 0. The topological polar surface area (TPSA) is 9.23 Å². The van der Waals surface area contributed by atoms with Crippen LogP contribution in [0.3, 0.4) is 0 Å². The Morgan fingerprint density at radius 1 is 0.800 bits per heavy atom. The molecule has 0 aliphatic heterocycles. The Bertz CT molecular complexity index is 692. The van der Waals surface area contributed by atoms with Crippen molar-refractivity contribution in [2.45, 2.75) is 6.10 Å². The predicted molar refractivity (Wildman–Crippen MR) is 89.9 cm³/mol. The van der Waals surface area contributed by atoms with E-state index < -0.39 is 0 Å². The molecule has 0 aliphatic rings. The third-order valence-corrected chi connectivity index (χ3v) is 3.88. The maximum Gasteiger partial charge on any atom is 0.124 e. The van der Waals surface area contributed by atoms with E-state index in [2.05, 4.69) is 66.3 Å². The fourth-order valence-corrected chi connectivity index (χ4v) is 3.00. The first-order chi connectivity index (χ1) is 9.90. The van der Waals surface area contributed by atoms with E-state index in [9.17, 15) is 0 Å². The zero-order valence-electron chi connectivity index (χ0n) is 10.8. The summed E-state index contributed by atoms with van der Waals surface area (Å²) < 4.78 is 5.80. The zero-order chi connectivity index (χ0) is 13.8. The van der Waals surface area contributed by atoms with Crippen LogP contribution in [0.4, 0.5) is 0 Å². The average molecular weight is 298 g/mol. The van der Waals surface area contributed by atoms with Crippen molar-refractivity contribution in [2.75, 3.05) is 0 Å². The summed E-state index contributed by atoms with van der Waals surface area (Å²) in [6.45, 7) is 0. The van der Waals surface area contributed by atoms with E-state index in [4.69, 9.17) is 4.18 Å². The molecular formula is C17H14OS2. The summed E-state index contributed by atoms with van der Waals surface area (Å²) in [4.78, 5) is 0. The molecule has 0 amide bonds. The van der Waals surface area contributed by atoms with Gasteiger partial charge in [-0.1, -0.05) is 84.5 Å². The molecule has 0 N–H and O–H groups in total. The number of rotatable bonds is 4. The van der Waals surface area contributed by atoms with Crippen LogP contribution >= 0.6 is 22.7 Å². The van der Waals surface area contributed by atoms with Crippen molar-refractivity contribution in [1.82, 2.24) is 0 Å². The van der Waals surface area contributed by atoms with Gasteiger partial charge in [0.25, 0.3) is 0 Å². The average Bonchev–Trinajstić information content (AvgIpc) is 2.53. The van der Waals surface area contributed by atoms with E-state index in [1.165, 1.54) is 10.8 Å². The molecule has 3 aromatic rings. The van der Waals surface area contributed by atoms with Gasteiger partial charge in [0.15, 0.2) is 0 Å². The Balaban J connectivity index is 2.15. The molecule has 20 heavy (non-hydrogen) atoms. The van der Waals surface area contributed by atoms with E-state index >= 15 is 0 Å². The molecule has 0 aliphatic carbocycles. The smallest absolute Gasteiger partial charge is 0.124 e. The molecule has 0 fully saturated rings. The lowest BCUT2D eigenvalue weighted by molar-refractivity contribution is 0.303. The molecule has 0 spiro atoms. The van der Waals surface area contributed by atoms with Crippen LogP contribution in [0.2, 0.25) is 0 Å². The Labute approximate surface area is 128 Å². The minimum absolute atomic E-state index is 0.121. The van der Waals surface area contributed by atoms with Crippen LogP contribution in [-0.4, -0.2) is 0 Å². The quantitative estimate of drug-likeness (QED) is 0.390. The monoisotopic (exact) mass is 298 g/mol. The summed E-state index contributed by atoms with van der Waals surface area (Å²) in [6.07, 6.45) is -0.121. The molecule has 0 bridgehead atoms. The van der Waals surface area contributed by atoms with Crippen molar-refractivity contribution in [3.63, 3.8) is 0 Å². The zero-order valence-corrected chi connectivity index (χ0v) is 12.5. The van der Waals surface area contributed by atoms with Crippen molar-refractivity contribution in [3.8, 4) is 0 Å². The van der Waals surface area contributed by atoms with Crippen LogP contribution in [0, 0.1) is 0 Å². The fourth-order valence-electron chi connectivity index (χ4n) is 2.44. The van der Waals surface area contributed by atoms with Crippen molar-refractivity contribution < 1.29 is 4.18 Å². The van der Waals surface area contributed by atoms with Crippen LogP contribution in [0.1, 0.15) is 17.2 Å². The van der Waals surface area contributed by atoms with Crippen LogP contribution in [-0.2, 0) is 4.18 Å². The molecule has 0 saturated heterocycles. The van der Waals surface area contributed by atoms with Crippen LogP contribution in [0.15, 0.2) is 72.8 Å². The summed E-state index contributed by atoms with van der Waals surface area (Å²) in [7, 11) is 0. The second-order valence-corrected chi connectivity index (χ2v) is 5.32.